The minimum Gasteiger partial charge on any atom is -0.384 e. The second-order valence-electron chi connectivity index (χ2n) is 4.92. The molecule has 1 nitrogen and oxygen atoms in total. The Morgan fingerprint density at radius 2 is 1.71 bits per heavy atom. The number of aliphatic hydroxyl groups excluding tert-OH is 1. The van der Waals surface area contributed by atoms with E-state index in [1.165, 1.54) is 12.1 Å². The molecule has 0 aromatic heterocycles. The molecule has 0 aliphatic heterocycles. The van der Waals surface area contributed by atoms with Crippen LogP contribution >= 0.6 is 15.9 Å². The highest BCUT2D eigenvalue weighted by molar-refractivity contribution is 9.10. The molecule has 21 heavy (non-hydrogen) atoms. The number of aliphatic hydroxyl groups is 1. The Labute approximate surface area is 129 Å². The van der Waals surface area contributed by atoms with Crippen LogP contribution in [-0.4, -0.2) is 5.11 Å². The second-order valence-corrected chi connectivity index (χ2v) is 5.84. The molecule has 0 aliphatic carbocycles. The smallest absolute Gasteiger partial charge is 0.384 e. The Morgan fingerprint density at radius 1 is 1.05 bits per heavy atom. The number of halogens is 4. The molecule has 0 amide bonds. The predicted octanol–water partition coefficient (Wildman–Crippen LogP) is 5.17. The van der Waals surface area contributed by atoms with E-state index in [4.69, 9.17) is 0 Å². The van der Waals surface area contributed by atoms with Gasteiger partial charge in [0.05, 0.1) is 5.56 Å². The van der Waals surface area contributed by atoms with E-state index in [9.17, 15) is 18.3 Å². The van der Waals surface area contributed by atoms with Crippen LogP contribution in [0.2, 0.25) is 0 Å². The van der Waals surface area contributed by atoms with E-state index >= 15 is 0 Å². The van der Waals surface area contributed by atoms with Gasteiger partial charge in [0, 0.05) is 4.47 Å². The zero-order chi connectivity index (χ0) is 15.8. The van der Waals surface area contributed by atoms with Gasteiger partial charge in [-0.25, -0.2) is 0 Å². The van der Waals surface area contributed by atoms with Crippen LogP contribution < -0.4 is 0 Å². The molecule has 0 heterocycles. The zero-order valence-electron chi connectivity index (χ0n) is 11.5. The van der Waals surface area contributed by atoms with Crippen molar-refractivity contribution in [2.45, 2.75) is 26.1 Å². The molecular formula is C16H14BrF3O. The molecule has 0 radical (unpaired) electrons. The summed E-state index contributed by atoms with van der Waals surface area (Å²) in [5, 5.41) is 10.4. The van der Waals surface area contributed by atoms with E-state index in [0.29, 0.717) is 10.0 Å². The Balaban J connectivity index is 2.59. The Hall–Kier alpha value is -1.33. The van der Waals surface area contributed by atoms with E-state index < -0.39 is 17.8 Å². The van der Waals surface area contributed by atoms with Crippen molar-refractivity contribution in [3.63, 3.8) is 0 Å². The summed E-state index contributed by atoms with van der Waals surface area (Å²) >= 11 is 3.04. The van der Waals surface area contributed by atoms with E-state index in [0.717, 1.165) is 17.2 Å². The van der Waals surface area contributed by atoms with Crippen molar-refractivity contribution in [2.24, 2.45) is 0 Å². The highest BCUT2D eigenvalue weighted by Gasteiger charge is 2.35. The van der Waals surface area contributed by atoms with Crippen molar-refractivity contribution < 1.29 is 18.3 Å². The fraction of sp³-hybridized carbons (Fsp3) is 0.250. The largest absolute Gasteiger partial charge is 0.416 e. The first-order chi connectivity index (χ1) is 9.71. The molecule has 0 bridgehead atoms. The Bertz CT molecular complexity index is 665. The van der Waals surface area contributed by atoms with Gasteiger partial charge < -0.3 is 5.11 Å². The van der Waals surface area contributed by atoms with Crippen LogP contribution in [0.5, 0.6) is 0 Å². The zero-order valence-corrected chi connectivity index (χ0v) is 13.1. The van der Waals surface area contributed by atoms with Gasteiger partial charge in [-0.3, -0.25) is 0 Å². The van der Waals surface area contributed by atoms with E-state index in [1.807, 2.05) is 13.0 Å². The van der Waals surface area contributed by atoms with E-state index in [2.05, 4.69) is 15.9 Å². The lowest BCUT2D eigenvalue weighted by Crippen LogP contribution is -2.13. The molecule has 112 valence electrons. The van der Waals surface area contributed by atoms with Gasteiger partial charge in [0.15, 0.2) is 0 Å². The van der Waals surface area contributed by atoms with Crippen LogP contribution in [0.1, 0.15) is 33.9 Å². The molecule has 2 rings (SSSR count). The molecule has 2 aromatic rings. The van der Waals surface area contributed by atoms with Gasteiger partial charge in [-0.05, 0) is 48.2 Å². The fourth-order valence-corrected chi connectivity index (χ4v) is 2.61. The molecule has 0 aliphatic rings. The first kappa shape index (κ1) is 16.0. The highest BCUT2D eigenvalue weighted by atomic mass is 79.9. The topological polar surface area (TPSA) is 20.2 Å². The van der Waals surface area contributed by atoms with Crippen LogP contribution in [0.3, 0.4) is 0 Å². The summed E-state index contributed by atoms with van der Waals surface area (Å²) in [6.45, 7) is 3.65. The van der Waals surface area contributed by atoms with Crippen LogP contribution in [0.4, 0.5) is 13.2 Å². The van der Waals surface area contributed by atoms with Crippen molar-refractivity contribution in [3.8, 4) is 0 Å². The average Bonchev–Trinajstić information content (AvgIpc) is 2.40. The summed E-state index contributed by atoms with van der Waals surface area (Å²) in [4.78, 5) is 0. The molecule has 0 spiro atoms. The molecule has 0 saturated heterocycles. The number of alkyl halides is 3. The Kier molecular flexibility index (Phi) is 4.44. The molecule has 5 heteroatoms. The summed E-state index contributed by atoms with van der Waals surface area (Å²) in [5.41, 5.74) is 1.24. The monoisotopic (exact) mass is 358 g/mol. The molecule has 1 unspecified atom stereocenters. The SMILES string of the molecule is Cc1cccc(C(O)c2ccc(Br)cc2C(F)(F)F)c1C. The standard InChI is InChI=1S/C16H14BrF3O/c1-9-4-3-5-12(10(9)2)15(21)13-7-6-11(17)8-14(13)16(18,19)20/h3-8,15,21H,1-2H3. The maximum absolute atomic E-state index is 13.2. The lowest BCUT2D eigenvalue weighted by atomic mass is 9.92. The summed E-state index contributed by atoms with van der Waals surface area (Å²) in [6, 6.07) is 9.03. The Morgan fingerprint density at radius 3 is 2.33 bits per heavy atom. The lowest BCUT2D eigenvalue weighted by molar-refractivity contribution is -0.139. The third-order valence-corrected chi connectivity index (χ3v) is 4.05. The summed E-state index contributed by atoms with van der Waals surface area (Å²) in [7, 11) is 0. The van der Waals surface area contributed by atoms with Crippen LogP contribution in [-0.2, 0) is 6.18 Å². The van der Waals surface area contributed by atoms with E-state index in [1.54, 1.807) is 19.1 Å². The van der Waals surface area contributed by atoms with E-state index in [-0.39, 0.29) is 5.56 Å². The van der Waals surface area contributed by atoms with Crippen molar-refractivity contribution in [3.05, 3.63) is 68.7 Å². The number of hydrogen-bond donors (Lipinski definition) is 1. The van der Waals surface area contributed by atoms with Gasteiger partial charge in [0.2, 0.25) is 0 Å². The quantitative estimate of drug-likeness (QED) is 0.785. The van der Waals surface area contributed by atoms with Crippen molar-refractivity contribution in [1.82, 2.24) is 0 Å². The highest BCUT2D eigenvalue weighted by Crippen LogP contribution is 2.38. The van der Waals surface area contributed by atoms with Gasteiger partial charge in [-0.15, -0.1) is 0 Å². The van der Waals surface area contributed by atoms with Crippen molar-refractivity contribution in [1.29, 1.82) is 0 Å². The van der Waals surface area contributed by atoms with Gasteiger partial charge in [0.1, 0.15) is 6.10 Å². The first-order valence-electron chi connectivity index (χ1n) is 6.32. The first-order valence-corrected chi connectivity index (χ1v) is 7.12. The number of hydrogen-bond acceptors (Lipinski definition) is 1. The molecule has 0 saturated carbocycles. The lowest BCUT2D eigenvalue weighted by Gasteiger charge is -2.20. The fourth-order valence-electron chi connectivity index (χ4n) is 2.25. The third kappa shape index (κ3) is 3.30. The number of benzene rings is 2. The molecule has 2 aromatic carbocycles. The minimum absolute atomic E-state index is 0.139. The third-order valence-electron chi connectivity index (χ3n) is 3.56. The molecule has 1 atom stereocenters. The predicted molar refractivity (Wildman–Crippen MR) is 79.1 cm³/mol. The molecular weight excluding hydrogens is 345 g/mol. The van der Waals surface area contributed by atoms with Crippen molar-refractivity contribution in [2.75, 3.05) is 0 Å². The van der Waals surface area contributed by atoms with Gasteiger partial charge in [-0.2, -0.15) is 13.2 Å². The van der Waals surface area contributed by atoms with Crippen LogP contribution in [0.15, 0.2) is 40.9 Å². The normalized spacial score (nSPS) is 13.3. The maximum Gasteiger partial charge on any atom is 0.416 e. The minimum atomic E-state index is -4.52. The number of aryl methyl sites for hydroxylation is 1. The molecule has 0 fully saturated rings. The van der Waals surface area contributed by atoms with Crippen molar-refractivity contribution >= 4 is 15.9 Å². The summed E-state index contributed by atoms with van der Waals surface area (Å²) < 4.78 is 39.8. The van der Waals surface area contributed by atoms with Gasteiger partial charge in [0.25, 0.3) is 0 Å². The maximum atomic E-state index is 13.2. The summed E-state index contributed by atoms with van der Waals surface area (Å²) in [5.74, 6) is 0. The van der Waals surface area contributed by atoms with Crippen LogP contribution in [0, 0.1) is 13.8 Å². The van der Waals surface area contributed by atoms with Gasteiger partial charge >= 0.3 is 6.18 Å². The molecule has 1 N–H and O–H groups in total. The van der Waals surface area contributed by atoms with Gasteiger partial charge in [-0.1, -0.05) is 40.2 Å². The summed E-state index contributed by atoms with van der Waals surface area (Å²) in [6.07, 6.45) is -5.83. The number of rotatable bonds is 2. The average molecular weight is 359 g/mol. The van der Waals surface area contributed by atoms with Crippen LogP contribution in [0.25, 0.3) is 0 Å². The second kappa shape index (κ2) is 5.81.